The van der Waals surface area contributed by atoms with Crippen LogP contribution in [0, 0.1) is 5.92 Å². The molecule has 0 spiro atoms. The van der Waals surface area contributed by atoms with Crippen LogP contribution < -0.4 is 5.73 Å². The molecule has 0 amide bonds. The summed E-state index contributed by atoms with van der Waals surface area (Å²) >= 11 is 3.46. The number of nitrogens with two attached hydrogens (primary N) is 1. The maximum Gasteiger partial charge on any atom is 0.0690 e. The third-order valence-corrected chi connectivity index (χ3v) is 3.18. The molecular weight excluding hydrogens is 230 g/mol. The van der Waals surface area contributed by atoms with E-state index < -0.39 is 0 Å². The average Bonchev–Trinajstić information content (AvgIpc) is 2.79. The van der Waals surface area contributed by atoms with Crippen LogP contribution in [-0.4, -0.2) is 9.78 Å². The average molecular weight is 244 g/mol. The van der Waals surface area contributed by atoms with Crippen molar-refractivity contribution in [1.29, 1.82) is 0 Å². The van der Waals surface area contributed by atoms with E-state index in [1.807, 2.05) is 17.9 Å². The lowest BCUT2D eigenvalue weighted by molar-refractivity contribution is 0.546. The summed E-state index contributed by atoms with van der Waals surface area (Å²) in [6, 6.07) is 0.134. The summed E-state index contributed by atoms with van der Waals surface area (Å²) < 4.78 is 2.89. The molecule has 72 valence electrons. The highest BCUT2D eigenvalue weighted by atomic mass is 79.9. The highest BCUT2D eigenvalue weighted by Gasteiger charge is 2.26. The van der Waals surface area contributed by atoms with E-state index in [4.69, 9.17) is 5.73 Å². The van der Waals surface area contributed by atoms with Crippen molar-refractivity contribution >= 4 is 15.9 Å². The van der Waals surface area contributed by atoms with Crippen LogP contribution >= 0.6 is 15.9 Å². The third-order valence-electron chi connectivity index (χ3n) is 2.57. The lowest BCUT2D eigenvalue weighted by atomic mass is 10.1. The van der Waals surface area contributed by atoms with Crippen LogP contribution in [0.5, 0.6) is 0 Å². The summed E-state index contributed by atoms with van der Waals surface area (Å²) in [5, 5.41) is 4.15. The van der Waals surface area contributed by atoms with Crippen molar-refractivity contribution in [3.05, 3.63) is 16.4 Å². The predicted molar refractivity (Wildman–Crippen MR) is 55.2 cm³/mol. The zero-order valence-corrected chi connectivity index (χ0v) is 9.29. The molecule has 1 aromatic heterocycles. The zero-order valence-electron chi connectivity index (χ0n) is 7.70. The molecule has 2 N–H and O–H groups in total. The first-order valence-electron chi connectivity index (χ1n) is 4.61. The van der Waals surface area contributed by atoms with Gasteiger partial charge in [0.15, 0.2) is 0 Å². The van der Waals surface area contributed by atoms with Gasteiger partial charge in [-0.05, 0) is 28.3 Å². The lowest BCUT2D eigenvalue weighted by Gasteiger charge is -2.11. The summed E-state index contributed by atoms with van der Waals surface area (Å²) in [5.41, 5.74) is 7.21. The summed E-state index contributed by atoms with van der Waals surface area (Å²) in [6.45, 7) is 0. The second kappa shape index (κ2) is 3.42. The molecule has 1 atom stereocenters. The first kappa shape index (κ1) is 9.21. The van der Waals surface area contributed by atoms with Gasteiger partial charge in [-0.2, -0.15) is 5.10 Å². The zero-order chi connectivity index (χ0) is 9.42. The maximum atomic E-state index is 6.09. The van der Waals surface area contributed by atoms with Crippen molar-refractivity contribution in [2.45, 2.75) is 25.3 Å². The minimum absolute atomic E-state index is 0.134. The number of aryl methyl sites for hydroxylation is 1. The highest BCUT2D eigenvalue weighted by molar-refractivity contribution is 9.10. The Balaban J connectivity index is 2.12. The number of halogens is 1. The first-order valence-corrected chi connectivity index (χ1v) is 5.40. The van der Waals surface area contributed by atoms with E-state index in [0.29, 0.717) is 0 Å². The molecule has 0 aliphatic heterocycles. The van der Waals surface area contributed by atoms with Crippen molar-refractivity contribution in [3.8, 4) is 0 Å². The van der Waals surface area contributed by atoms with Gasteiger partial charge in [-0.1, -0.05) is 12.8 Å². The van der Waals surface area contributed by atoms with Crippen LogP contribution in [0.4, 0.5) is 0 Å². The molecule has 1 saturated carbocycles. The van der Waals surface area contributed by atoms with Gasteiger partial charge in [-0.25, -0.2) is 0 Å². The molecule has 13 heavy (non-hydrogen) atoms. The third kappa shape index (κ3) is 1.94. The largest absolute Gasteiger partial charge is 0.323 e. The first-order chi connectivity index (χ1) is 6.18. The van der Waals surface area contributed by atoms with E-state index in [1.54, 1.807) is 0 Å². The van der Waals surface area contributed by atoms with Gasteiger partial charge in [-0.3, -0.25) is 4.68 Å². The number of hydrogen-bond acceptors (Lipinski definition) is 2. The molecule has 3 nitrogen and oxygen atoms in total. The quantitative estimate of drug-likeness (QED) is 0.883. The monoisotopic (exact) mass is 243 g/mol. The Kier molecular flexibility index (Phi) is 2.43. The Hall–Kier alpha value is -0.350. The predicted octanol–water partition coefficient (Wildman–Crippen LogP) is 1.98. The van der Waals surface area contributed by atoms with Crippen LogP contribution in [0.15, 0.2) is 10.7 Å². The van der Waals surface area contributed by atoms with E-state index in [-0.39, 0.29) is 6.04 Å². The molecule has 0 bridgehead atoms. The molecule has 4 heteroatoms. The van der Waals surface area contributed by atoms with E-state index in [1.165, 1.54) is 12.8 Å². The Morgan fingerprint density at radius 1 is 1.77 bits per heavy atom. The Morgan fingerprint density at radius 3 is 2.92 bits per heavy atom. The smallest absolute Gasteiger partial charge is 0.0690 e. The van der Waals surface area contributed by atoms with Gasteiger partial charge in [0.25, 0.3) is 0 Å². The lowest BCUT2D eigenvalue weighted by Crippen LogP contribution is -2.15. The van der Waals surface area contributed by atoms with Crippen molar-refractivity contribution in [2.75, 3.05) is 0 Å². The molecule has 0 saturated heterocycles. The summed E-state index contributed by atoms with van der Waals surface area (Å²) in [5.74, 6) is 0.858. The number of aromatic nitrogens is 2. The van der Waals surface area contributed by atoms with Crippen molar-refractivity contribution in [2.24, 2.45) is 18.7 Å². The van der Waals surface area contributed by atoms with E-state index in [2.05, 4.69) is 21.0 Å². The fourth-order valence-electron chi connectivity index (χ4n) is 1.66. The van der Waals surface area contributed by atoms with Crippen LogP contribution in [0.3, 0.4) is 0 Å². The number of nitrogens with zero attached hydrogens (tertiary/aromatic N) is 2. The van der Waals surface area contributed by atoms with Crippen LogP contribution in [0.2, 0.25) is 0 Å². The summed E-state index contributed by atoms with van der Waals surface area (Å²) in [6.07, 6.45) is 5.60. The van der Waals surface area contributed by atoms with E-state index >= 15 is 0 Å². The number of hydrogen-bond donors (Lipinski definition) is 1. The van der Waals surface area contributed by atoms with Crippen molar-refractivity contribution < 1.29 is 0 Å². The van der Waals surface area contributed by atoms with Crippen LogP contribution in [0.25, 0.3) is 0 Å². The Labute approximate surface area is 86.4 Å². The highest BCUT2D eigenvalue weighted by Crippen LogP contribution is 2.37. The fourth-order valence-corrected chi connectivity index (χ4v) is 2.30. The van der Waals surface area contributed by atoms with Gasteiger partial charge in [-0.15, -0.1) is 0 Å². The van der Waals surface area contributed by atoms with E-state index in [0.717, 1.165) is 22.5 Å². The summed E-state index contributed by atoms with van der Waals surface area (Å²) in [4.78, 5) is 0. The van der Waals surface area contributed by atoms with Gasteiger partial charge >= 0.3 is 0 Å². The van der Waals surface area contributed by atoms with Crippen LogP contribution in [0.1, 0.15) is 31.0 Å². The van der Waals surface area contributed by atoms with Crippen molar-refractivity contribution in [3.63, 3.8) is 0 Å². The molecule has 0 radical (unpaired) electrons. The second-order valence-electron chi connectivity index (χ2n) is 3.79. The minimum atomic E-state index is 0.134. The number of rotatable bonds is 3. The maximum absolute atomic E-state index is 6.09. The minimum Gasteiger partial charge on any atom is -0.323 e. The Bertz CT molecular complexity index is 284. The topological polar surface area (TPSA) is 43.8 Å². The SMILES string of the molecule is Cn1ncc(Br)c1C(N)CC1CC1. The molecule has 2 rings (SSSR count). The molecular formula is C9H14BrN3. The standard InChI is InChI=1S/C9H14BrN3/c1-13-9(7(10)5-12-13)8(11)4-6-2-3-6/h5-6,8H,2-4,11H2,1H3. The van der Waals surface area contributed by atoms with Crippen molar-refractivity contribution in [1.82, 2.24) is 9.78 Å². The van der Waals surface area contributed by atoms with Gasteiger partial charge in [0.05, 0.1) is 16.4 Å². The molecule has 1 aliphatic rings. The Morgan fingerprint density at radius 2 is 2.46 bits per heavy atom. The van der Waals surface area contributed by atoms with Gasteiger partial charge in [0, 0.05) is 13.1 Å². The summed E-state index contributed by atoms with van der Waals surface area (Å²) in [7, 11) is 1.94. The molecule has 1 aliphatic carbocycles. The fraction of sp³-hybridized carbons (Fsp3) is 0.667. The normalized spacial score (nSPS) is 19.0. The van der Waals surface area contributed by atoms with E-state index in [9.17, 15) is 0 Å². The molecule has 1 heterocycles. The molecule has 0 aromatic carbocycles. The molecule has 1 fully saturated rings. The molecule has 1 unspecified atom stereocenters. The second-order valence-corrected chi connectivity index (χ2v) is 4.64. The van der Waals surface area contributed by atoms with Gasteiger partial charge < -0.3 is 5.73 Å². The van der Waals surface area contributed by atoms with Crippen LogP contribution in [-0.2, 0) is 7.05 Å². The molecule has 1 aromatic rings. The van der Waals surface area contributed by atoms with Gasteiger partial charge in [0.1, 0.15) is 0 Å². The van der Waals surface area contributed by atoms with Gasteiger partial charge in [0.2, 0.25) is 0 Å².